The Labute approximate surface area is 131 Å². The maximum absolute atomic E-state index is 11.9. The van der Waals surface area contributed by atoms with E-state index in [1.165, 1.54) is 6.92 Å². The molecule has 1 rings (SSSR count). The molecule has 2 amide bonds. The number of hydrogen-bond donors (Lipinski definition) is 1. The van der Waals surface area contributed by atoms with E-state index in [2.05, 4.69) is 5.32 Å². The molecule has 1 aromatic rings. The smallest absolute Gasteiger partial charge is 0.223 e. The first-order chi connectivity index (χ1) is 10.6. The SMILES string of the molecule is CCOc1ccccc1N(CCC(=O)NCCOC)C(C)=O. The topological polar surface area (TPSA) is 67.9 Å². The molecular formula is C16H24N2O4. The maximum atomic E-state index is 11.9. The van der Waals surface area contributed by atoms with Crippen LogP contribution in [-0.4, -0.2) is 45.2 Å². The summed E-state index contributed by atoms with van der Waals surface area (Å²) in [5, 5.41) is 2.74. The fourth-order valence-electron chi connectivity index (χ4n) is 2.00. The van der Waals surface area contributed by atoms with Gasteiger partial charge in [-0.15, -0.1) is 0 Å². The molecule has 0 aromatic heterocycles. The van der Waals surface area contributed by atoms with Gasteiger partial charge in [-0.25, -0.2) is 0 Å². The van der Waals surface area contributed by atoms with Crippen molar-refractivity contribution < 1.29 is 19.1 Å². The number of methoxy groups -OCH3 is 1. The number of amides is 2. The Morgan fingerprint density at radius 1 is 1.27 bits per heavy atom. The van der Waals surface area contributed by atoms with Crippen LogP contribution in [0.3, 0.4) is 0 Å². The number of carbonyl (C=O) groups excluding carboxylic acids is 2. The fraction of sp³-hybridized carbons (Fsp3) is 0.500. The van der Waals surface area contributed by atoms with Crippen LogP contribution in [0.5, 0.6) is 5.75 Å². The van der Waals surface area contributed by atoms with Crippen LogP contribution in [0.15, 0.2) is 24.3 Å². The van der Waals surface area contributed by atoms with Crippen molar-refractivity contribution in [1.82, 2.24) is 5.32 Å². The fourth-order valence-corrected chi connectivity index (χ4v) is 2.00. The van der Waals surface area contributed by atoms with Gasteiger partial charge in [0.15, 0.2) is 0 Å². The number of benzene rings is 1. The molecule has 0 aliphatic carbocycles. The Balaban J connectivity index is 2.70. The molecule has 0 bridgehead atoms. The number of hydrogen-bond acceptors (Lipinski definition) is 4. The van der Waals surface area contributed by atoms with Crippen molar-refractivity contribution in [3.05, 3.63) is 24.3 Å². The molecule has 0 aliphatic heterocycles. The van der Waals surface area contributed by atoms with Gasteiger partial charge in [-0.1, -0.05) is 12.1 Å². The number of ether oxygens (including phenoxy) is 2. The highest BCUT2D eigenvalue weighted by Crippen LogP contribution is 2.28. The van der Waals surface area contributed by atoms with Gasteiger partial charge in [-0.05, 0) is 19.1 Å². The van der Waals surface area contributed by atoms with Crippen molar-refractivity contribution in [2.75, 3.05) is 38.3 Å². The van der Waals surface area contributed by atoms with E-state index in [1.54, 1.807) is 12.0 Å². The normalized spacial score (nSPS) is 10.1. The third-order valence-corrected chi connectivity index (χ3v) is 3.03. The van der Waals surface area contributed by atoms with E-state index >= 15 is 0 Å². The Hall–Kier alpha value is -2.08. The van der Waals surface area contributed by atoms with E-state index in [4.69, 9.17) is 9.47 Å². The van der Waals surface area contributed by atoms with Crippen LogP contribution >= 0.6 is 0 Å². The van der Waals surface area contributed by atoms with Crippen molar-refractivity contribution in [3.8, 4) is 5.75 Å². The summed E-state index contributed by atoms with van der Waals surface area (Å²) < 4.78 is 10.4. The number of nitrogens with zero attached hydrogens (tertiary/aromatic N) is 1. The second-order valence-electron chi connectivity index (χ2n) is 4.66. The Morgan fingerprint density at radius 3 is 2.64 bits per heavy atom. The maximum Gasteiger partial charge on any atom is 0.223 e. The molecule has 0 saturated heterocycles. The highest BCUT2D eigenvalue weighted by atomic mass is 16.5. The summed E-state index contributed by atoms with van der Waals surface area (Å²) in [4.78, 5) is 25.2. The van der Waals surface area contributed by atoms with E-state index in [-0.39, 0.29) is 18.2 Å². The molecule has 1 aromatic carbocycles. The molecular weight excluding hydrogens is 284 g/mol. The van der Waals surface area contributed by atoms with E-state index < -0.39 is 0 Å². The minimum absolute atomic E-state index is 0.114. The third-order valence-electron chi connectivity index (χ3n) is 3.03. The largest absolute Gasteiger partial charge is 0.492 e. The van der Waals surface area contributed by atoms with Gasteiger partial charge in [0, 0.05) is 33.5 Å². The number of anilines is 1. The van der Waals surface area contributed by atoms with Crippen molar-refractivity contribution in [3.63, 3.8) is 0 Å². The van der Waals surface area contributed by atoms with Gasteiger partial charge in [-0.2, -0.15) is 0 Å². The molecule has 0 spiro atoms. The van der Waals surface area contributed by atoms with Crippen LogP contribution in [0, 0.1) is 0 Å². The van der Waals surface area contributed by atoms with Gasteiger partial charge in [0.05, 0.1) is 18.9 Å². The summed E-state index contributed by atoms with van der Waals surface area (Å²) in [7, 11) is 1.58. The van der Waals surface area contributed by atoms with Crippen molar-refractivity contribution in [2.24, 2.45) is 0 Å². The molecule has 0 heterocycles. The molecule has 1 N–H and O–H groups in total. The van der Waals surface area contributed by atoms with Gasteiger partial charge >= 0.3 is 0 Å². The predicted octanol–water partition coefficient (Wildman–Crippen LogP) is 1.59. The Bertz CT molecular complexity index is 491. The lowest BCUT2D eigenvalue weighted by Gasteiger charge is -2.23. The first-order valence-corrected chi connectivity index (χ1v) is 7.35. The van der Waals surface area contributed by atoms with Crippen molar-refractivity contribution >= 4 is 17.5 Å². The van der Waals surface area contributed by atoms with Crippen LogP contribution in [0.2, 0.25) is 0 Å². The van der Waals surface area contributed by atoms with Crippen molar-refractivity contribution in [2.45, 2.75) is 20.3 Å². The predicted molar refractivity (Wildman–Crippen MR) is 85.1 cm³/mol. The summed E-state index contributed by atoms with van der Waals surface area (Å²) in [5.41, 5.74) is 0.682. The molecule has 22 heavy (non-hydrogen) atoms. The lowest BCUT2D eigenvalue weighted by molar-refractivity contribution is -0.121. The third kappa shape index (κ3) is 5.73. The number of para-hydroxylation sites is 2. The van der Waals surface area contributed by atoms with Gasteiger partial charge in [-0.3, -0.25) is 9.59 Å². The second kappa shape index (κ2) is 9.78. The van der Waals surface area contributed by atoms with Gasteiger partial charge in [0.1, 0.15) is 5.75 Å². The Kier molecular flexibility index (Phi) is 7.99. The molecule has 6 heteroatoms. The molecule has 6 nitrogen and oxygen atoms in total. The zero-order chi connectivity index (χ0) is 16.4. The first kappa shape index (κ1) is 18.0. The molecule has 0 atom stereocenters. The van der Waals surface area contributed by atoms with Crippen molar-refractivity contribution in [1.29, 1.82) is 0 Å². The second-order valence-corrected chi connectivity index (χ2v) is 4.66. The summed E-state index contributed by atoms with van der Waals surface area (Å²) in [6.45, 7) is 5.11. The Morgan fingerprint density at radius 2 is 2.00 bits per heavy atom. The molecule has 122 valence electrons. The lowest BCUT2D eigenvalue weighted by Crippen LogP contribution is -2.35. The molecule has 0 fully saturated rings. The zero-order valence-corrected chi connectivity index (χ0v) is 13.4. The average Bonchev–Trinajstić information content (AvgIpc) is 2.49. The summed E-state index contributed by atoms with van der Waals surface area (Å²) in [6.07, 6.45) is 0.226. The van der Waals surface area contributed by atoms with Crippen LogP contribution in [-0.2, 0) is 14.3 Å². The van der Waals surface area contributed by atoms with Crippen LogP contribution in [0.25, 0.3) is 0 Å². The zero-order valence-electron chi connectivity index (χ0n) is 13.4. The quantitative estimate of drug-likeness (QED) is 0.704. The van der Waals surface area contributed by atoms with E-state index in [0.29, 0.717) is 37.7 Å². The minimum atomic E-state index is -0.128. The molecule has 0 unspecified atom stereocenters. The monoisotopic (exact) mass is 308 g/mol. The highest BCUT2D eigenvalue weighted by Gasteiger charge is 2.17. The molecule has 0 aliphatic rings. The lowest BCUT2D eigenvalue weighted by atomic mass is 10.2. The highest BCUT2D eigenvalue weighted by molar-refractivity contribution is 5.93. The van der Waals surface area contributed by atoms with Gasteiger partial charge in [0.2, 0.25) is 11.8 Å². The van der Waals surface area contributed by atoms with Crippen LogP contribution < -0.4 is 15.0 Å². The van der Waals surface area contributed by atoms with Gasteiger partial charge < -0.3 is 19.7 Å². The summed E-state index contributed by atoms with van der Waals surface area (Å²) in [6, 6.07) is 7.32. The van der Waals surface area contributed by atoms with E-state index in [9.17, 15) is 9.59 Å². The minimum Gasteiger partial charge on any atom is -0.492 e. The summed E-state index contributed by atoms with van der Waals surface area (Å²) >= 11 is 0. The standard InChI is InChI=1S/C16H24N2O4/c1-4-22-15-8-6-5-7-14(15)18(13(2)19)11-9-16(20)17-10-12-21-3/h5-8H,4,9-12H2,1-3H3,(H,17,20). The first-order valence-electron chi connectivity index (χ1n) is 7.35. The summed E-state index contributed by atoms with van der Waals surface area (Å²) in [5.74, 6) is 0.397. The van der Waals surface area contributed by atoms with Crippen LogP contribution in [0.1, 0.15) is 20.3 Å². The molecule has 0 saturated carbocycles. The van der Waals surface area contributed by atoms with E-state index in [1.807, 2.05) is 31.2 Å². The van der Waals surface area contributed by atoms with Crippen LogP contribution in [0.4, 0.5) is 5.69 Å². The number of carbonyl (C=O) groups is 2. The van der Waals surface area contributed by atoms with E-state index in [0.717, 1.165) is 0 Å². The molecule has 0 radical (unpaired) electrons. The number of rotatable bonds is 9. The number of nitrogens with one attached hydrogen (secondary N) is 1. The average molecular weight is 308 g/mol. The van der Waals surface area contributed by atoms with Gasteiger partial charge in [0.25, 0.3) is 0 Å².